The highest BCUT2D eigenvalue weighted by Crippen LogP contribution is 2.32. The number of hydrogen-bond donors (Lipinski definition) is 2. The average Bonchev–Trinajstić information content (AvgIpc) is 2.87. The number of benzene rings is 1. The first-order chi connectivity index (χ1) is 13.2. The minimum absolute atomic E-state index is 0.000913. The van der Waals surface area contributed by atoms with Gasteiger partial charge in [-0.2, -0.15) is 0 Å². The Morgan fingerprint density at radius 1 is 1.11 bits per heavy atom. The number of carbonyl (C=O) groups is 1. The molecule has 2 aromatic heterocycles. The highest BCUT2D eigenvalue weighted by atomic mass is 16.2. The number of fused-ring (bicyclic) bond motifs is 1. The first kappa shape index (κ1) is 17.0. The summed E-state index contributed by atoms with van der Waals surface area (Å²) in [5.41, 5.74) is 2.71. The summed E-state index contributed by atoms with van der Waals surface area (Å²) in [6.45, 7) is 2.82. The third-order valence-corrected chi connectivity index (χ3v) is 4.61. The van der Waals surface area contributed by atoms with E-state index in [1.807, 2.05) is 61.5 Å². The Kier molecular flexibility index (Phi) is 4.70. The molecule has 1 atom stereocenters. The minimum Gasteiger partial charge on any atom is -0.382 e. The first-order valence-corrected chi connectivity index (χ1v) is 9.04. The van der Waals surface area contributed by atoms with Crippen LogP contribution in [-0.2, 0) is 0 Å². The summed E-state index contributed by atoms with van der Waals surface area (Å²) in [6.07, 6.45) is 2.48. The quantitative estimate of drug-likeness (QED) is 0.712. The Hall–Kier alpha value is -3.41. The molecule has 0 radical (unpaired) electrons. The van der Waals surface area contributed by atoms with Gasteiger partial charge in [0.25, 0.3) is 0 Å². The lowest BCUT2D eigenvalue weighted by atomic mass is 10.1. The lowest BCUT2D eigenvalue weighted by Gasteiger charge is -2.27. The fourth-order valence-electron chi connectivity index (χ4n) is 3.20. The number of nitrogens with zero attached hydrogens (tertiary/aromatic N) is 3. The van der Waals surface area contributed by atoms with E-state index in [0.29, 0.717) is 11.6 Å². The Bertz CT molecular complexity index is 930. The van der Waals surface area contributed by atoms with Gasteiger partial charge in [0, 0.05) is 24.3 Å². The Morgan fingerprint density at radius 3 is 2.70 bits per heavy atom. The molecule has 136 valence electrons. The maximum Gasteiger partial charge on any atom is 0.328 e. The second-order valence-corrected chi connectivity index (χ2v) is 6.51. The van der Waals surface area contributed by atoms with Gasteiger partial charge in [-0.3, -0.25) is 10.2 Å². The molecule has 6 heteroatoms. The number of urea groups is 1. The zero-order chi connectivity index (χ0) is 18.6. The van der Waals surface area contributed by atoms with Crippen molar-refractivity contribution in [2.24, 2.45) is 0 Å². The third-order valence-electron chi connectivity index (χ3n) is 4.61. The van der Waals surface area contributed by atoms with Crippen LogP contribution in [0.4, 0.5) is 22.1 Å². The second-order valence-electron chi connectivity index (χ2n) is 6.51. The van der Waals surface area contributed by atoms with E-state index in [2.05, 4.69) is 15.6 Å². The van der Waals surface area contributed by atoms with Gasteiger partial charge < -0.3 is 5.32 Å². The van der Waals surface area contributed by atoms with Crippen molar-refractivity contribution in [3.05, 3.63) is 66.9 Å². The summed E-state index contributed by atoms with van der Waals surface area (Å²) in [6, 6.07) is 19.1. The molecule has 1 aliphatic rings. The SMILES string of the molecule is C[C@@H]1CCNc2ccc(-c3ccccc3)nc2N1C(=O)Nc1ccccn1. The fourth-order valence-corrected chi connectivity index (χ4v) is 3.20. The Balaban J connectivity index is 1.72. The normalized spacial score (nSPS) is 16.0. The fraction of sp³-hybridized carbons (Fsp3) is 0.190. The highest BCUT2D eigenvalue weighted by molar-refractivity contribution is 6.03. The van der Waals surface area contributed by atoms with Gasteiger partial charge in [-0.15, -0.1) is 0 Å². The van der Waals surface area contributed by atoms with Gasteiger partial charge in [-0.25, -0.2) is 14.8 Å². The molecule has 0 fully saturated rings. The van der Waals surface area contributed by atoms with Crippen LogP contribution in [0.15, 0.2) is 66.9 Å². The molecule has 6 nitrogen and oxygen atoms in total. The van der Waals surface area contributed by atoms with Crippen molar-refractivity contribution < 1.29 is 4.79 Å². The van der Waals surface area contributed by atoms with Crippen LogP contribution in [0.1, 0.15) is 13.3 Å². The molecule has 0 aliphatic carbocycles. The van der Waals surface area contributed by atoms with Crippen molar-refractivity contribution in [3.63, 3.8) is 0 Å². The number of anilines is 3. The third kappa shape index (κ3) is 3.60. The zero-order valence-electron chi connectivity index (χ0n) is 15.1. The highest BCUT2D eigenvalue weighted by Gasteiger charge is 2.28. The first-order valence-electron chi connectivity index (χ1n) is 9.04. The number of rotatable bonds is 2. The van der Waals surface area contributed by atoms with Gasteiger partial charge in [-0.05, 0) is 37.6 Å². The molecule has 0 unspecified atom stereocenters. The standard InChI is InChI=1S/C21H21N5O/c1-15-12-14-22-18-11-10-17(16-7-3-2-4-8-16)24-20(18)26(15)21(27)25-19-9-5-6-13-23-19/h2-11,13,15,22H,12,14H2,1H3,(H,23,25,27)/t15-/m1/s1. The van der Waals surface area contributed by atoms with Crippen molar-refractivity contribution in [2.45, 2.75) is 19.4 Å². The monoisotopic (exact) mass is 359 g/mol. The van der Waals surface area contributed by atoms with Gasteiger partial charge >= 0.3 is 6.03 Å². The predicted molar refractivity (Wildman–Crippen MR) is 108 cm³/mol. The van der Waals surface area contributed by atoms with Crippen LogP contribution in [0.3, 0.4) is 0 Å². The van der Waals surface area contributed by atoms with E-state index in [1.54, 1.807) is 17.2 Å². The van der Waals surface area contributed by atoms with Crippen LogP contribution in [0.5, 0.6) is 0 Å². The topological polar surface area (TPSA) is 70.2 Å². The van der Waals surface area contributed by atoms with E-state index in [-0.39, 0.29) is 12.1 Å². The van der Waals surface area contributed by atoms with Gasteiger partial charge in [0.15, 0.2) is 5.82 Å². The maximum atomic E-state index is 13.0. The van der Waals surface area contributed by atoms with Crippen LogP contribution >= 0.6 is 0 Å². The Morgan fingerprint density at radius 2 is 1.93 bits per heavy atom. The van der Waals surface area contributed by atoms with E-state index in [1.165, 1.54) is 0 Å². The number of aromatic nitrogens is 2. The largest absolute Gasteiger partial charge is 0.382 e. The number of hydrogen-bond acceptors (Lipinski definition) is 4. The lowest BCUT2D eigenvalue weighted by Crippen LogP contribution is -2.42. The maximum absolute atomic E-state index is 13.0. The lowest BCUT2D eigenvalue weighted by molar-refractivity contribution is 0.255. The summed E-state index contributed by atoms with van der Waals surface area (Å²) in [4.78, 5) is 23.8. The molecule has 1 aliphatic heterocycles. The van der Waals surface area contributed by atoms with Gasteiger partial charge in [0.1, 0.15) is 5.82 Å². The second kappa shape index (κ2) is 7.45. The predicted octanol–water partition coefficient (Wildman–Crippen LogP) is 4.39. The molecule has 2 N–H and O–H groups in total. The van der Waals surface area contributed by atoms with Gasteiger partial charge in [0.05, 0.1) is 11.4 Å². The molecule has 3 aromatic rings. The van der Waals surface area contributed by atoms with E-state index in [9.17, 15) is 4.79 Å². The molecule has 2 amide bonds. The zero-order valence-corrected chi connectivity index (χ0v) is 15.1. The summed E-state index contributed by atoms with van der Waals surface area (Å²) in [5.74, 6) is 1.16. The molecule has 4 rings (SSSR count). The summed E-state index contributed by atoms with van der Waals surface area (Å²) < 4.78 is 0. The molecule has 27 heavy (non-hydrogen) atoms. The number of nitrogens with one attached hydrogen (secondary N) is 2. The summed E-state index contributed by atoms with van der Waals surface area (Å²) in [7, 11) is 0. The number of carbonyl (C=O) groups excluding carboxylic acids is 1. The van der Waals surface area contributed by atoms with Crippen LogP contribution in [0.25, 0.3) is 11.3 Å². The molecule has 0 bridgehead atoms. The van der Waals surface area contributed by atoms with E-state index in [0.717, 1.165) is 29.9 Å². The van der Waals surface area contributed by atoms with E-state index in [4.69, 9.17) is 4.98 Å². The molecule has 1 aromatic carbocycles. The van der Waals surface area contributed by atoms with Gasteiger partial charge in [0.2, 0.25) is 0 Å². The molecular weight excluding hydrogens is 338 g/mol. The minimum atomic E-state index is -0.233. The molecule has 0 spiro atoms. The van der Waals surface area contributed by atoms with Crippen molar-refractivity contribution in [2.75, 3.05) is 22.1 Å². The summed E-state index contributed by atoms with van der Waals surface area (Å²) in [5, 5.41) is 6.26. The van der Waals surface area contributed by atoms with Crippen molar-refractivity contribution >= 4 is 23.4 Å². The van der Waals surface area contributed by atoms with Crippen LogP contribution in [0, 0.1) is 0 Å². The summed E-state index contributed by atoms with van der Waals surface area (Å²) >= 11 is 0. The van der Waals surface area contributed by atoms with Gasteiger partial charge in [-0.1, -0.05) is 36.4 Å². The van der Waals surface area contributed by atoms with Crippen LogP contribution in [-0.4, -0.2) is 28.6 Å². The van der Waals surface area contributed by atoms with Crippen molar-refractivity contribution in [1.29, 1.82) is 0 Å². The smallest absolute Gasteiger partial charge is 0.328 e. The van der Waals surface area contributed by atoms with Crippen LogP contribution < -0.4 is 15.5 Å². The van der Waals surface area contributed by atoms with Crippen molar-refractivity contribution in [1.82, 2.24) is 9.97 Å². The molecule has 0 saturated heterocycles. The van der Waals surface area contributed by atoms with E-state index < -0.39 is 0 Å². The van der Waals surface area contributed by atoms with E-state index >= 15 is 0 Å². The number of pyridine rings is 2. The Labute approximate surface area is 158 Å². The molecular formula is C21H21N5O. The van der Waals surface area contributed by atoms with Crippen molar-refractivity contribution in [3.8, 4) is 11.3 Å². The van der Waals surface area contributed by atoms with Crippen LogP contribution in [0.2, 0.25) is 0 Å². The molecule has 3 heterocycles. The number of amides is 2. The molecule has 0 saturated carbocycles. The average molecular weight is 359 g/mol.